The first kappa shape index (κ1) is 19.6. The number of anilines is 3. The van der Waals surface area contributed by atoms with Crippen molar-refractivity contribution >= 4 is 30.9 Å². The molecule has 0 amide bonds. The van der Waals surface area contributed by atoms with Crippen molar-refractivity contribution in [3.63, 3.8) is 0 Å². The first-order valence-corrected chi connectivity index (χ1v) is 11.9. The van der Waals surface area contributed by atoms with Gasteiger partial charge in [0.1, 0.15) is 5.82 Å². The van der Waals surface area contributed by atoms with Crippen LogP contribution in [0.5, 0.6) is 0 Å². The molecule has 0 saturated heterocycles. The van der Waals surface area contributed by atoms with Gasteiger partial charge >= 0.3 is 7.44 Å². The highest BCUT2D eigenvalue weighted by molar-refractivity contribution is 7.72. The van der Waals surface area contributed by atoms with Crippen molar-refractivity contribution in [2.75, 3.05) is 21.8 Å². The van der Waals surface area contributed by atoms with Gasteiger partial charge in [0.15, 0.2) is 0 Å². The molecule has 2 aromatic carbocycles. The van der Waals surface area contributed by atoms with E-state index in [0.29, 0.717) is 11.1 Å². The fourth-order valence-corrected chi connectivity index (χ4v) is 6.95. The normalized spacial score (nSPS) is 23.8. The minimum Gasteiger partial charge on any atom is -0.346 e. The second-order valence-corrected chi connectivity index (χ2v) is 10.4. The van der Waals surface area contributed by atoms with E-state index in [9.17, 15) is 4.57 Å². The lowest BCUT2D eigenvalue weighted by Gasteiger charge is -2.31. The quantitative estimate of drug-likeness (QED) is 0.531. The summed E-state index contributed by atoms with van der Waals surface area (Å²) < 4.78 is 16.4. The summed E-state index contributed by atoms with van der Waals surface area (Å²) in [7, 11) is -1.36. The minimum absolute atomic E-state index is 0.332. The van der Waals surface area contributed by atoms with Gasteiger partial charge in [0.2, 0.25) is 0 Å². The second kappa shape index (κ2) is 7.10. The molecule has 5 rings (SSSR count). The van der Waals surface area contributed by atoms with Crippen LogP contribution < -0.4 is 14.8 Å². The standard InChI is InChI=1S/C24H24N5OP/c1-24(2)19-13-7-8-14-20(19)28(3)23(24)21-17-26-29(18-11-5-4-6-12-18)31(21,30)27-22-15-9-10-16-25-22/h4-17H,1-3H3,(H,25,27,30)/b23-21-. The Bertz CT molecular complexity index is 1240. The average Bonchev–Trinajstić information content (AvgIpc) is 3.20. The molecule has 1 N–H and O–H groups in total. The number of nitrogens with one attached hydrogen (secondary N) is 1. The van der Waals surface area contributed by atoms with Gasteiger partial charge in [-0.05, 0) is 35.9 Å². The highest BCUT2D eigenvalue weighted by atomic mass is 31.2. The summed E-state index contributed by atoms with van der Waals surface area (Å²) in [4.78, 5) is 6.51. The SMILES string of the molecule is CN1/C(=C2/C=NN(c3ccccc3)P2(=O)Nc2ccccn2)C(C)(C)c2ccccc21. The summed E-state index contributed by atoms with van der Waals surface area (Å²) in [5, 5.41) is 8.54. The van der Waals surface area contributed by atoms with E-state index in [4.69, 9.17) is 0 Å². The molecular formula is C24H24N5OP. The molecule has 1 unspecified atom stereocenters. The average molecular weight is 429 g/mol. The summed E-state index contributed by atoms with van der Waals surface area (Å²) >= 11 is 0. The van der Waals surface area contributed by atoms with E-state index in [2.05, 4.69) is 46.1 Å². The molecule has 0 spiro atoms. The number of hydrogen-bond acceptors (Lipinski definition) is 4. The number of benzene rings is 2. The van der Waals surface area contributed by atoms with Crippen LogP contribution in [0.15, 0.2) is 95.1 Å². The van der Waals surface area contributed by atoms with Crippen molar-refractivity contribution in [3.05, 3.63) is 95.6 Å². The number of nitrogens with zero attached hydrogens (tertiary/aromatic N) is 4. The number of likely N-dealkylation sites (N-methyl/N-ethyl adjacent to an activating group) is 1. The van der Waals surface area contributed by atoms with Crippen molar-refractivity contribution < 1.29 is 4.57 Å². The predicted octanol–water partition coefficient (Wildman–Crippen LogP) is 5.83. The molecule has 0 saturated carbocycles. The highest BCUT2D eigenvalue weighted by Crippen LogP contribution is 2.64. The van der Waals surface area contributed by atoms with Gasteiger partial charge in [-0.15, -0.1) is 0 Å². The molecule has 6 nitrogen and oxygen atoms in total. The Balaban J connectivity index is 1.71. The van der Waals surface area contributed by atoms with Gasteiger partial charge in [-0.1, -0.05) is 56.3 Å². The van der Waals surface area contributed by atoms with Gasteiger partial charge in [0, 0.05) is 30.0 Å². The van der Waals surface area contributed by atoms with E-state index >= 15 is 0 Å². The van der Waals surface area contributed by atoms with E-state index < -0.39 is 7.44 Å². The maximum atomic E-state index is 14.8. The molecule has 1 atom stereocenters. The number of rotatable bonds is 3. The van der Waals surface area contributed by atoms with Crippen molar-refractivity contribution in [1.82, 2.24) is 4.98 Å². The molecule has 0 fully saturated rings. The monoisotopic (exact) mass is 429 g/mol. The number of pyridine rings is 1. The summed E-state index contributed by atoms with van der Waals surface area (Å²) in [5.74, 6) is 0.548. The van der Waals surface area contributed by atoms with Gasteiger partial charge in [-0.25, -0.2) is 4.98 Å². The summed E-state index contributed by atoms with van der Waals surface area (Å²) in [5.41, 5.74) is 3.72. The molecule has 1 aromatic heterocycles. The van der Waals surface area contributed by atoms with Crippen molar-refractivity contribution in [3.8, 4) is 0 Å². The second-order valence-electron chi connectivity index (χ2n) is 8.21. The van der Waals surface area contributed by atoms with Gasteiger partial charge in [-0.2, -0.15) is 9.88 Å². The molecule has 0 bridgehead atoms. The number of hydrazone groups is 1. The Morgan fingerprint density at radius 1 is 0.935 bits per heavy atom. The zero-order valence-electron chi connectivity index (χ0n) is 17.7. The fraction of sp³-hybridized carbons (Fsp3) is 0.167. The van der Waals surface area contributed by atoms with Crippen LogP contribution in [0.1, 0.15) is 19.4 Å². The smallest absolute Gasteiger partial charge is 0.314 e. The summed E-state index contributed by atoms with van der Waals surface area (Å²) in [6.45, 7) is 4.34. The third kappa shape index (κ3) is 2.98. The fourth-order valence-electron chi connectivity index (χ4n) is 4.50. The Hall–Kier alpha value is -3.37. The van der Waals surface area contributed by atoms with Crippen LogP contribution in [-0.2, 0) is 9.98 Å². The molecule has 3 aromatic rings. The summed E-state index contributed by atoms with van der Waals surface area (Å²) in [6, 6.07) is 23.4. The Kier molecular flexibility index (Phi) is 4.49. The van der Waals surface area contributed by atoms with Crippen molar-refractivity contribution in [2.45, 2.75) is 19.3 Å². The third-order valence-corrected chi connectivity index (χ3v) is 8.29. The summed E-state index contributed by atoms with van der Waals surface area (Å²) in [6.07, 6.45) is 3.43. The van der Waals surface area contributed by atoms with Gasteiger partial charge in [0.25, 0.3) is 0 Å². The van der Waals surface area contributed by atoms with Crippen LogP contribution in [0.3, 0.4) is 0 Å². The molecule has 3 heterocycles. The van der Waals surface area contributed by atoms with E-state index in [0.717, 1.165) is 17.1 Å². The van der Waals surface area contributed by atoms with Crippen LogP contribution in [0.2, 0.25) is 0 Å². The number of para-hydroxylation sites is 2. The Morgan fingerprint density at radius 2 is 1.65 bits per heavy atom. The molecule has 0 aliphatic carbocycles. The molecule has 7 heteroatoms. The van der Waals surface area contributed by atoms with Crippen molar-refractivity contribution in [2.24, 2.45) is 5.10 Å². The molecular weight excluding hydrogens is 405 g/mol. The molecule has 2 aliphatic heterocycles. The number of fused-ring (bicyclic) bond motifs is 1. The first-order chi connectivity index (χ1) is 14.9. The third-order valence-electron chi connectivity index (χ3n) is 5.91. The highest BCUT2D eigenvalue weighted by Gasteiger charge is 2.48. The molecule has 156 valence electrons. The molecule has 31 heavy (non-hydrogen) atoms. The zero-order valence-corrected chi connectivity index (χ0v) is 18.6. The number of aromatic nitrogens is 1. The van der Waals surface area contributed by atoms with Crippen LogP contribution in [0.25, 0.3) is 0 Å². The van der Waals surface area contributed by atoms with Crippen LogP contribution >= 0.6 is 7.44 Å². The van der Waals surface area contributed by atoms with E-state index in [-0.39, 0.29) is 5.41 Å². The van der Waals surface area contributed by atoms with Crippen LogP contribution in [0, 0.1) is 0 Å². The number of allylic oxidation sites excluding steroid dienone is 2. The lowest BCUT2D eigenvalue weighted by Crippen LogP contribution is -2.26. The molecule has 2 aliphatic rings. The minimum atomic E-state index is -3.39. The lowest BCUT2D eigenvalue weighted by molar-refractivity contribution is 0.579. The zero-order chi connectivity index (χ0) is 21.6. The maximum Gasteiger partial charge on any atom is 0.314 e. The van der Waals surface area contributed by atoms with E-state index in [1.54, 1.807) is 17.2 Å². The van der Waals surface area contributed by atoms with Crippen molar-refractivity contribution in [1.29, 1.82) is 0 Å². The van der Waals surface area contributed by atoms with E-state index in [1.807, 2.05) is 67.7 Å². The van der Waals surface area contributed by atoms with Crippen LogP contribution in [-0.4, -0.2) is 18.2 Å². The lowest BCUT2D eigenvalue weighted by atomic mass is 9.84. The van der Waals surface area contributed by atoms with E-state index in [1.165, 1.54) is 5.56 Å². The number of hydrogen-bond donors (Lipinski definition) is 1. The van der Waals surface area contributed by atoms with Gasteiger partial charge < -0.3 is 4.90 Å². The maximum absolute atomic E-state index is 14.8. The topological polar surface area (TPSA) is 60.8 Å². The Morgan fingerprint density at radius 3 is 2.35 bits per heavy atom. The Labute approximate surface area is 182 Å². The predicted molar refractivity (Wildman–Crippen MR) is 128 cm³/mol. The first-order valence-electron chi connectivity index (χ1n) is 10.2. The molecule has 0 radical (unpaired) electrons. The van der Waals surface area contributed by atoms with Gasteiger partial charge in [0.05, 0.1) is 17.2 Å². The van der Waals surface area contributed by atoms with Crippen LogP contribution in [0.4, 0.5) is 17.2 Å². The largest absolute Gasteiger partial charge is 0.346 e. The van der Waals surface area contributed by atoms with Gasteiger partial charge in [-0.3, -0.25) is 9.65 Å².